The maximum absolute atomic E-state index is 2.68. The standard InChI is InChI=1S/C70H92N2/c1-41(2)49-29-50(42(3)4)33-58(32-49)71(57-25-28-61(47(13)14)64(40-57)48(15)16)67-62-26-23-56(70(20,21)22)39-66(62)68(63-27-24-55(38-65(63)67)69(17,18)19)72(59-34-51(43(5)6)30-52(35-59)44(7)8)60-36-53(45(9)10)31-54(37-60)46(11)12/h23-48H,1-22H3. The van der Waals surface area contributed by atoms with E-state index in [0.717, 1.165) is 0 Å². The summed E-state index contributed by atoms with van der Waals surface area (Å²) in [6.45, 7) is 51.8. The molecular weight excluding hydrogens is 869 g/mol. The summed E-state index contributed by atoms with van der Waals surface area (Å²) in [5.41, 5.74) is 20.8. The summed E-state index contributed by atoms with van der Waals surface area (Å²) >= 11 is 0. The van der Waals surface area contributed by atoms with Crippen molar-refractivity contribution in [3.63, 3.8) is 0 Å². The molecule has 0 aliphatic heterocycles. The second-order valence-corrected chi connectivity index (χ2v) is 26.0. The minimum absolute atomic E-state index is 0.0944. The number of fused-ring (bicyclic) bond motifs is 2. The van der Waals surface area contributed by atoms with Gasteiger partial charge in [0.1, 0.15) is 0 Å². The number of nitrogens with zero attached hydrogens (tertiary/aromatic N) is 2. The van der Waals surface area contributed by atoms with Gasteiger partial charge in [-0.25, -0.2) is 0 Å². The molecule has 7 rings (SSSR count). The molecule has 0 bridgehead atoms. The van der Waals surface area contributed by atoms with Crippen LogP contribution in [0.2, 0.25) is 0 Å². The lowest BCUT2D eigenvalue weighted by Crippen LogP contribution is -2.18. The number of hydrogen-bond acceptors (Lipinski definition) is 2. The highest BCUT2D eigenvalue weighted by Gasteiger charge is 2.31. The van der Waals surface area contributed by atoms with E-state index in [1.54, 1.807) is 0 Å². The van der Waals surface area contributed by atoms with Crippen LogP contribution < -0.4 is 9.80 Å². The van der Waals surface area contributed by atoms with Crippen LogP contribution in [0.25, 0.3) is 21.5 Å². The van der Waals surface area contributed by atoms with Crippen molar-refractivity contribution in [1.29, 1.82) is 0 Å². The Kier molecular flexibility index (Phi) is 15.8. The van der Waals surface area contributed by atoms with Gasteiger partial charge in [0.05, 0.1) is 11.4 Å². The van der Waals surface area contributed by atoms with Gasteiger partial charge in [-0.1, -0.05) is 201 Å². The Hall–Kier alpha value is -5.34. The molecule has 0 saturated heterocycles. The highest BCUT2D eigenvalue weighted by atomic mass is 15.2. The largest absolute Gasteiger partial charge is 0.309 e. The summed E-state index contributed by atoms with van der Waals surface area (Å²) in [4.78, 5) is 5.35. The monoisotopic (exact) mass is 961 g/mol. The fourth-order valence-electron chi connectivity index (χ4n) is 10.5. The minimum atomic E-state index is -0.0947. The summed E-state index contributed by atoms with van der Waals surface area (Å²) in [7, 11) is 0. The number of benzene rings is 7. The highest BCUT2D eigenvalue weighted by Crippen LogP contribution is 2.54. The molecule has 7 aromatic rings. The van der Waals surface area contributed by atoms with Crippen LogP contribution in [0.5, 0.6) is 0 Å². The molecule has 7 aromatic carbocycles. The maximum Gasteiger partial charge on any atom is 0.0620 e. The first-order valence-corrected chi connectivity index (χ1v) is 27.8. The molecule has 0 aliphatic rings. The number of anilines is 6. The molecule has 0 saturated carbocycles. The Labute approximate surface area is 438 Å². The van der Waals surface area contributed by atoms with Gasteiger partial charge in [-0.2, -0.15) is 0 Å². The lowest BCUT2D eigenvalue weighted by Gasteiger charge is -2.36. The SMILES string of the molecule is CC(C)c1cc(C(C)C)cc(N(c2cc(C(C)C)cc(C(C)C)c2)c2c3ccc(C(C)(C)C)cc3c(N(c3cc(C(C)C)cc(C(C)C)c3)c3ccc(C(C)C)c(C(C)C)c3)c3ccc(C(C)(C)C)cc23)c1. The summed E-state index contributed by atoms with van der Waals surface area (Å²) in [6, 6.07) is 44.7. The average molecular weight is 962 g/mol. The Morgan fingerprint density at radius 3 is 0.819 bits per heavy atom. The van der Waals surface area contributed by atoms with E-state index in [1.165, 1.54) is 111 Å². The molecule has 72 heavy (non-hydrogen) atoms. The first-order chi connectivity index (χ1) is 33.6. The van der Waals surface area contributed by atoms with Crippen molar-refractivity contribution in [2.75, 3.05) is 9.80 Å². The average Bonchev–Trinajstić information content (AvgIpc) is 3.30. The van der Waals surface area contributed by atoms with Crippen LogP contribution in [-0.2, 0) is 10.8 Å². The van der Waals surface area contributed by atoms with Crippen molar-refractivity contribution in [2.45, 2.75) is 210 Å². The van der Waals surface area contributed by atoms with Crippen LogP contribution in [0.4, 0.5) is 34.1 Å². The maximum atomic E-state index is 2.68. The molecule has 382 valence electrons. The molecule has 2 nitrogen and oxygen atoms in total. The molecule has 0 aromatic heterocycles. The van der Waals surface area contributed by atoms with Gasteiger partial charge in [0, 0.05) is 44.3 Å². The third kappa shape index (κ3) is 11.1. The number of rotatable bonds is 14. The van der Waals surface area contributed by atoms with Crippen LogP contribution in [0.3, 0.4) is 0 Å². The van der Waals surface area contributed by atoms with E-state index >= 15 is 0 Å². The van der Waals surface area contributed by atoms with Crippen molar-refractivity contribution >= 4 is 55.7 Å². The number of hydrogen-bond donors (Lipinski definition) is 0. The summed E-state index contributed by atoms with van der Waals surface area (Å²) < 4.78 is 0. The van der Waals surface area contributed by atoms with E-state index in [4.69, 9.17) is 0 Å². The van der Waals surface area contributed by atoms with E-state index < -0.39 is 0 Å². The minimum Gasteiger partial charge on any atom is -0.309 e. The molecule has 0 radical (unpaired) electrons. The molecule has 0 atom stereocenters. The van der Waals surface area contributed by atoms with Crippen molar-refractivity contribution in [2.24, 2.45) is 0 Å². The van der Waals surface area contributed by atoms with Crippen LogP contribution >= 0.6 is 0 Å². The molecule has 0 fully saturated rings. The van der Waals surface area contributed by atoms with E-state index in [9.17, 15) is 0 Å². The Morgan fingerprint density at radius 2 is 0.556 bits per heavy atom. The fraction of sp³-hybridized carbons (Fsp3) is 0.457. The predicted molar refractivity (Wildman–Crippen MR) is 321 cm³/mol. The highest BCUT2D eigenvalue weighted by molar-refractivity contribution is 6.23. The first-order valence-electron chi connectivity index (χ1n) is 27.8. The van der Waals surface area contributed by atoms with Crippen LogP contribution in [0.1, 0.15) is 255 Å². The molecule has 0 N–H and O–H groups in total. The molecule has 0 aliphatic carbocycles. The Morgan fingerprint density at radius 1 is 0.264 bits per heavy atom. The normalized spacial score (nSPS) is 12.8. The van der Waals surface area contributed by atoms with E-state index in [-0.39, 0.29) is 10.8 Å². The van der Waals surface area contributed by atoms with Gasteiger partial charge in [-0.05, 0) is 174 Å². The topological polar surface area (TPSA) is 6.48 Å². The lowest BCUT2D eigenvalue weighted by molar-refractivity contribution is 0.590. The van der Waals surface area contributed by atoms with Crippen molar-refractivity contribution in [3.8, 4) is 0 Å². The Balaban J connectivity index is 1.82. The zero-order chi connectivity index (χ0) is 53.0. The van der Waals surface area contributed by atoms with Crippen LogP contribution in [0, 0.1) is 0 Å². The lowest BCUT2D eigenvalue weighted by atomic mass is 9.82. The molecule has 0 heterocycles. The van der Waals surface area contributed by atoms with Crippen LogP contribution in [-0.4, -0.2) is 0 Å². The zero-order valence-electron chi connectivity index (χ0n) is 48.9. The third-order valence-electron chi connectivity index (χ3n) is 15.5. The van der Waals surface area contributed by atoms with Gasteiger partial charge in [0.2, 0.25) is 0 Å². The van der Waals surface area contributed by atoms with E-state index in [1.807, 2.05) is 0 Å². The van der Waals surface area contributed by atoms with Gasteiger partial charge < -0.3 is 9.80 Å². The second-order valence-electron chi connectivity index (χ2n) is 26.0. The summed E-state index contributed by atoms with van der Waals surface area (Å²) in [5.74, 6) is 2.93. The van der Waals surface area contributed by atoms with E-state index in [2.05, 4.69) is 271 Å². The van der Waals surface area contributed by atoms with Gasteiger partial charge in [0.25, 0.3) is 0 Å². The van der Waals surface area contributed by atoms with Gasteiger partial charge in [-0.15, -0.1) is 0 Å². The van der Waals surface area contributed by atoms with Gasteiger partial charge in [0.15, 0.2) is 0 Å². The fourth-order valence-corrected chi connectivity index (χ4v) is 10.5. The van der Waals surface area contributed by atoms with E-state index in [0.29, 0.717) is 47.3 Å². The smallest absolute Gasteiger partial charge is 0.0620 e. The van der Waals surface area contributed by atoms with Crippen LogP contribution in [0.15, 0.2) is 109 Å². The summed E-state index contributed by atoms with van der Waals surface area (Å²) in [6.07, 6.45) is 0. The first kappa shape index (κ1) is 54.4. The van der Waals surface area contributed by atoms with Crippen molar-refractivity contribution in [1.82, 2.24) is 0 Å². The second kappa shape index (κ2) is 20.9. The molecule has 0 spiro atoms. The molecular formula is C70H92N2. The molecule has 0 unspecified atom stereocenters. The molecule has 0 amide bonds. The van der Waals surface area contributed by atoms with Crippen molar-refractivity contribution < 1.29 is 0 Å². The van der Waals surface area contributed by atoms with Gasteiger partial charge in [-0.3, -0.25) is 0 Å². The quantitative estimate of drug-likeness (QED) is 0.0792. The predicted octanol–water partition coefficient (Wildman–Crippen LogP) is 22.5. The summed E-state index contributed by atoms with van der Waals surface area (Å²) in [5, 5.41) is 5.00. The third-order valence-corrected chi connectivity index (χ3v) is 15.5. The Bertz CT molecular complexity index is 2920. The van der Waals surface area contributed by atoms with Gasteiger partial charge >= 0.3 is 0 Å². The van der Waals surface area contributed by atoms with Crippen molar-refractivity contribution in [3.05, 3.63) is 165 Å². The molecule has 2 heteroatoms. The zero-order valence-corrected chi connectivity index (χ0v) is 48.9.